The van der Waals surface area contributed by atoms with Crippen LogP contribution in [0.3, 0.4) is 0 Å². The second-order valence-electron chi connectivity index (χ2n) is 0.513. The predicted molar refractivity (Wildman–Crippen MR) is 23.6 cm³/mol. The first-order chi connectivity index (χ1) is 2.00. The molecule has 0 saturated carbocycles. The van der Waals surface area contributed by atoms with Gasteiger partial charge < -0.3 is 14.7 Å². The van der Waals surface area contributed by atoms with Crippen molar-refractivity contribution >= 4 is 37.4 Å². The van der Waals surface area contributed by atoms with E-state index in [0.717, 1.165) is 0 Å². The van der Waals surface area contributed by atoms with Crippen molar-refractivity contribution in [2.24, 2.45) is 0 Å². The first kappa shape index (κ1) is 10.2. The van der Waals surface area contributed by atoms with Crippen molar-refractivity contribution < 1.29 is 22.1 Å². The van der Waals surface area contributed by atoms with E-state index in [4.69, 9.17) is 19.2 Å². The van der Waals surface area contributed by atoms with E-state index in [1.807, 2.05) is 0 Å². The zero-order valence-corrected chi connectivity index (χ0v) is 3.09. The predicted octanol–water partition coefficient (Wildman–Crippen LogP) is -1.35. The molecule has 0 radical (unpaired) electrons. The van der Waals surface area contributed by atoms with Gasteiger partial charge in [0.05, 0.1) is 0 Å². The van der Waals surface area contributed by atoms with Crippen molar-refractivity contribution in [1.82, 2.24) is 0 Å². The molecule has 3 N–H and O–H groups in total. The molecule has 0 amide bonds. The van der Waals surface area contributed by atoms with E-state index in [1.54, 1.807) is 0 Å². The van der Waals surface area contributed by atoms with Gasteiger partial charge in [0.2, 0.25) is 0 Å². The number of rotatable bonds is 0. The summed E-state index contributed by atoms with van der Waals surface area (Å²) in [6, 6.07) is 0. The van der Waals surface area contributed by atoms with Crippen LogP contribution in [0.25, 0.3) is 0 Å². The van der Waals surface area contributed by atoms with Crippen LogP contribution in [0, 0.1) is 0 Å². The van der Waals surface area contributed by atoms with E-state index >= 15 is 0 Å². The summed E-state index contributed by atoms with van der Waals surface area (Å²) < 4.78 is 8.88. The molecular weight excluding hydrogens is 118 g/mol. The van der Waals surface area contributed by atoms with Crippen molar-refractivity contribution in [3.05, 3.63) is 0 Å². The van der Waals surface area contributed by atoms with E-state index in [2.05, 4.69) is 0 Å². The van der Waals surface area contributed by atoms with Gasteiger partial charge in [0, 0.05) is 0 Å². The fourth-order valence-corrected chi connectivity index (χ4v) is 0. The average Bonchev–Trinajstić information content (AvgIpc) is 0.722. The fourth-order valence-electron chi connectivity index (χ4n) is 0. The zero-order valence-electron chi connectivity index (χ0n) is 4.20. The average molecular weight is 124 g/mol. The Labute approximate surface area is 59.7 Å². The third-order valence-corrected chi connectivity index (χ3v) is 0. The van der Waals surface area contributed by atoms with E-state index in [9.17, 15) is 0 Å². The summed E-state index contributed by atoms with van der Waals surface area (Å²) in [6.45, 7) is 0. The Morgan fingerprint density at radius 3 is 1.33 bits per heavy atom. The third-order valence-electron chi connectivity index (χ3n) is 0. The summed E-state index contributed by atoms with van der Waals surface area (Å²) in [6.07, 6.45) is 0. The molecule has 0 aliphatic carbocycles. The molecule has 0 aromatic carbocycles. The Kier molecular flexibility index (Phi) is 5.35. The molecule has 0 saturated heterocycles. The molecule has 0 aliphatic rings. The normalized spacial score (nSPS) is 9.83. The van der Waals surface area contributed by atoms with E-state index in [-0.39, 0.29) is 32.4 Å². The topological polar surface area (TPSA) is 77.8 Å². The van der Waals surface area contributed by atoms with Crippen LogP contribution >= 0.6 is 7.82 Å². The molecule has 0 atom stereocenters. The van der Waals surface area contributed by atoms with Crippen LogP contribution in [-0.4, -0.2) is 44.2 Å². The maximum absolute atomic E-state index is 8.88. The molecule has 0 aromatic heterocycles. The monoisotopic (exact) mass is 124 g/mol. The SMILES string of the molecule is O=P(O)(O)O.[H+].[H+].[NaH]. The number of hydrogen-bond donors (Lipinski definition) is 3. The van der Waals surface area contributed by atoms with Crippen molar-refractivity contribution in [3.63, 3.8) is 0 Å². The molecule has 0 rings (SSSR count). The minimum absolute atomic E-state index is 0. The molecule has 0 spiro atoms. The van der Waals surface area contributed by atoms with Gasteiger partial charge in [-0.25, -0.2) is 4.57 Å². The fraction of sp³-hybridized carbons (Fsp3) is 0. The molecule has 0 bridgehead atoms. The van der Waals surface area contributed by atoms with Gasteiger partial charge >= 0.3 is 40.2 Å². The molecule has 0 unspecified atom stereocenters. The van der Waals surface area contributed by atoms with Gasteiger partial charge in [-0.1, -0.05) is 0 Å². The Morgan fingerprint density at radius 1 is 1.33 bits per heavy atom. The first-order valence-electron chi connectivity index (χ1n) is 0.783. The van der Waals surface area contributed by atoms with Crippen molar-refractivity contribution in [2.45, 2.75) is 0 Å². The van der Waals surface area contributed by atoms with Gasteiger partial charge in [-0.3, -0.25) is 0 Å². The maximum atomic E-state index is 8.88. The van der Waals surface area contributed by atoms with Crippen molar-refractivity contribution in [1.29, 1.82) is 0 Å². The van der Waals surface area contributed by atoms with E-state index in [1.165, 1.54) is 0 Å². The van der Waals surface area contributed by atoms with Gasteiger partial charge in [-0.15, -0.1) is 0 Å². The summed E-state index contributed by atoms with van der Waals surface area (Å²) in [5.41, 5.74) is 0. The van der Waals surface area contributed by atoms with Crippen LogP contribution in [-0.2, 0) is 4.57 Å². The summed E-state index contributed by atoms with van der Waals surface area (Å²) >= 11 is 0. The van der Waals surface area contributed by atoms with Crippen LogP contribution in [0.1, 0.15) is 2.85 Å². The molecular formula is H6NaO4P+2. The van der Waals surface area contributed by atoms with E-state index < -0.39 is 7.82 Å². The standard InChI is InChI=1S/Na.H3O4P.H/c;1-5(2,3)4;/h;(H3,1,2,3,4);/p+2. The Hall–Kier alpha value is 1.11. The summed E-state index contributed by atoms with van der Waals surface area (Å²) in [4.78, 5) is 21.6. The van der Waals surface area contributed by atoms with Crippen LogP contribution in [0.4, 0.5) is 0 Å². The van der Waals surface area contributed by atoms with Gasteiger partial charge in [-0.2, -0.15) is 0 Å². The molecule has 6 heavy (non-hydrogen) atoms. The van der Waals surface area contributed by atoms with Gasteiger partial charge in [0.25, 0.3) is 0 Å². The summed E-state index contributed by atoms with van der Waals surface area (Å²) in [7, 11) is -4.64. The molecule has 0 heterocycles. The Morgan fingerprint density at radius 2 is 1.33 bits per heavy atom. The minimum atomic E-state index is -4.64. The van der Waals surface area contributed by atoms with Gasteiger partial charge in [0.15, 0.2) is 0 Å². The van der Waals surface area contributed by atoms with Gasteiger partial charge in [-0.05, 0) is 0 Å². The second kappa shape index (κ2) is 3.16. The quantitative estimate of drug-likeness (QED) is 0.275. The molecule has 34 valence electrons. The Bertz CT molecular complexity index is 60.2. The number of phosphoric acid groups is 1. The van der Waals surface area contributed by atoms with Crippen LogP contribution < -0.4 is 0 Å². The van der Waals surface area contributed by atoms with Crippen LogP contribution in [0.5, 0.6) is 0 Å². The second-order valence-corrected chi connectivity index (χ2v) is 1.54. The van der Waals surface area contributed by atoms with Crippen molar-refractivity contribution in [2.75, 3.05) is 0 Å². The van der Waals surface area contributed by atoms with Crippen molar-refractivity contribution in [3.8, 4) is 0 Å². The Balaban J connectivity index is -0.0000000267. The third kappa shape index (κ3) is 70.1. The molecule has 0 aromatic rings. The summed E-state index contributed by atoms with van der Waals surface area (Å²) in [5, 5.41) is 0. The van der Waals surface area contributed by atoms with Gasteiger partial charge in [0.1, 0.15) is 0 Å². The summed E-state index contributed by atoms with van der Waals surface area (Å²) in [5.74, 6) is 0. The van der Waals surface area contributed by atoms with Crippen LogP contribution in [0.2, 0.25) is 0 Å². The molecule has 4 nitrogen and oxygen atoms in total. The molecule has 0 fully saturated rings. The molecule has 6 heteroatoms. The molecule has 0 aliphatic heterocycles. The first-order valence-corrected chi connectivity index (χ1v) is 2.35. The number of hydrogen-bond acceptors (Lipinski definition) is 1. The van der Waals surface area contributed by atoms with E-state index in [0.29, 0.717) is 0 Å². The van der Waals surface area contributed by atoms with Crippen LogP contribution in [0.15, 0.2) is 0 Å². The zero-order chi connectivity index (χ0) is 4.50.